The van der Waals surface area contributed by atoms with Crippen molar-refractivity contribution in [2.24, 2.45) is 5.92 Å². The summed E-state index contributed by atoms with van der Waals surface area (Å²) in [6.07, 6.45) is 5.33. The second-order valence-corrected chi connectivity index (χ2v) is 7.63. The highest BCUT2D eigenvalue weighted by molar-refractivity contribution is 5.93. The van der Waals surface area contributed by atoms with Crippen LogP contribution in [0, 0.1) is 5.92 Å². The molecule has 2 saturated heterocycles. The molecule has 0 bridgehead atoms. The quantitative estimate of drug-likeness (QED) is 0.816. The standard InChI is InChI=1S/C21H26N4O3/c1-16-5-8-24(9-6-16)20(26)18-15-17(4-7-22-18)23-10-12-25(13-11-23)21(27)19-3-2-14-28-19/h2-4,7,14-16H,5-6,8-13H2,1H3. The Hall–Kier alpha value is -2.83. The summed E-state index contributed by atoms with van der Waals surface area (Å²) in [4.78, 5) is 35.4. The Balaban J connectivity index is 1.38. The molecule has 0 spiro atoms. The lowest BCUT2D eigenvalue weighted by atomic mass is 9.99. The molecule has 2 amide bonds. The Morgan fingerprint density at radius 3 is 2.39 bits per heavy atom. The van der Waals surface area contributed by atoms with E-state index in [0.29, 0.717) is 43.6 Å². The molecule has 0 aromatic carbocycles. The molecule has 28 heavy (non-hydrogen) atoms. The molecule has 7 heteroatoms. The third kappa shape index (κ3) is 3.88. The first-order chi connectivity index (χ1) is 13.6. The Morgan fingerprint density at radius 2 is 1.71 bits per heavy atom. The second kappa shape index (κ2) is 8.04. The minimum Gasteiger partial charge on any atom is -0.459 e. The summed E-state index contributed by atoms with van der Waals surface area (Å²) in [5.41, 5.74) is 1.48. The summed E-state index contributed by atoms with van der Waals surface area (Å²) in [5, 5.41) is 0. The van der Waals surface area contributed by atoms with Gasteiger partial charge in [-0.05, 0) is 43.0 Å². The number of piperidine rings is 1. The number of carbonyl (C=O) groups is 2. The van der Waals surface area contributed by atoms with Gasteiger partial charge in [0.25, 0.3) is 11.8 Å². The van der Waals surface area contributed by atoms with E-state index in [1.165, 1.54) is 6.26 Å². The number of nitrogens with zero attached hydrogens (tertiary/aromatic N) is 4. The third-order valence-electron chi connectivity index (χ3n) is 5.70. The van der Waals surface area contributed by atoms with Gasteiger partial charge in [-0.25, -0.2) is 0 Å². The first-order valence-electron chi connectivity index (χ1n) is 9.95. The van der Waals surface area contributed by atoms with E-state index in [4.69, 9.17) is 4.42 Å². The molecule has 0 unspecified atom stereocenters. The van der Waals surface area contributed by atoms with Gasteiger partial charge in [0.2, 0.25) is 0 Å². The van der Waals surface area contributed by atoms with Gasteiger partial charge < -0.3 is 19.1 Å². The van der Waals surface area contributed by atoms with Crippen molar-refractivity contribution < 1.29 is 14.0 Å². The maximum Gasteiger partial charge on any atom is 0.289 e. The lowest BCUT2D eigenvalue weighted by molar-refractivity contribution is 0.0690. The summed E-state index contributed by atoms with van der Waals surface area (Å²) >= 11 is 0. The summed E-state index contributed by atoms with van der Waals surface area (Å²) < 4.78 is 5.21. The van der Waals surface area contributed by atoms with Crippen LogP contribution >= 0.6 is 0 Å². The van der Waals surface area contributed by atoms with Crippen LogP contribution in [0.5, 0.6) is 0 Å². The zero-order valence-corrected chi connectivity index (χ0v) is 16.2. The molecule has 2 aliphatic heterocycles. The molecule has 0 saturated carbocycles. The first kappa shape index (κ1) is 18.5. The lowest BCUT2D eigenvalue weighted by Crippen LogP contribution is -2.48. The smallest absolute Gasteiger partial charge is 0.289 e. The fourth-order valence-corrected chi connectivity index (χ4v) is 3.83. The zero-order chi connectivity index (χ0) is 19.5. The highest BCUT2D eigenvalue weighted by atomic mass is 16.3. The number of likely N-dealkylation sites (tertiary alicyclic amines) is 1. The summed E-state index contributed by atoms with van der Waals surface area (Å²) in [6, 6.07) is 7.22. The SMILES string of the molecule is CC1CCN(C(=O)c2cc(N3CCN(C(=O)c4ccco4)CC3)ccn2)CC1. The lowest BCUT2D eigenvalue weighted by Gasteiger charge is -2.36. The van der Waals surface area contributed by atoms with Crippen LogP contribution in [0.3, 0.4) is 0 Å². The van der Waals surface area contributed by atoms with Crippen LogP contribution < -0.4 is 4.90 Å². The van der Waals surface area contributed by atoms with E-state index in [2.05, 4.69) is 16.8 Å². The van der Waals surface area contributed by atoms with Gasteiger partial charge in [0.15, 0.2) is 5.76 Å². The Labute approximate surface area is 164 Å². The van der Waals surface area contributed by atoms with Gasteiger partial charge in [0.1, 0.15) is 5.69 Å². The highest BCUT2D eigenvalue weighted by Gasteiger charge is 2.26. The van der Waals surface area contributed by atoms with Crippen LogP contribution in [0.1, 0.15) is 40.8 Å². The van der Waals surface area contributed by atoms with Gasteiger partial charge in [0, 0.05) is 51.2 Å². The molecule has 2 fully saturated rings. The Kier molecular flexibility index (Phi) is 5.32. The normalized spacial score (nSPS) is 18.4. The van der Waals surface area contributed by atoms with Crippen molar-refractivity contribution in [2.45, 2.75) is 19.8 Å². The largest absolute Gasteiger partial charge is 0.459 e. The van der Waals surface area contributed by atoms with E-state index >= 15 is 0 Å². The predicted octanol–water partition coefficient (Wildman–Crippen LogP) is 2.51. The minimum atomic E-state index is -0.0745. The Morgan fingerprint density at radius 1 is 1.00 bits per heavy atom. The molecule has 0 atom stereocenters. The van der Waals surface area contributed by atoms with Crippen LogP contribution in [-0.4, -0.2) is 65.9 Å². The Bertz CT molecular complexity index is 820. The predicted molar refractivity (Wildman–Crippen MR) is 105 cm³/mol. The molecule has 0 N–H and O–H groups in total. The average Bonchev–Trinajstić information content (AvgIpc) is 3.28. The van der Waals surface area contributed by atoms with E-state index < -0.39 is 0 Å². The summed E-state index contributed by atoms with van der Waals surface area (Å²) in [6.45, 7) is 6.51. The van der Waals surface area contributed by atoms with Gasteiger partial charge in [-0.2, -0.15) is 0 Å². The van der Waals surface area contributed by atoms with E-state index in [9.17, 15) is 9.59 Å². The van der Waals surface area contributed by atoms with Crippen LogP contribution in [0.2, 0.25) is 0 Å². The first-order valence-corrected chi connectivity index (χ1v) is 9.95. The molecule has 4 heterocycles. The second-order valence-electron chi connectivity index (χ2n) is 7.63. The number of rotatable bonds is 3. The van der Waals surface area contributed by atoms with E-state index in [1.54, 1.807) is 23.2 Å². The monoisotopic (exact) mass is 382 g/mol. The van der Waals surface area contributed by atoms with Crippen molar-refractivity contribution in [1.29, 1.82) is 0 Å². The van der Waals surface area contributed by atoms with Gasteiger partial charge in [0.05, 0.1) is 6.26 Å². The van der Waals surface area contributed by atoms with Crippen molar-refractivity contribution in [3.05, 3.63) is 48.2 Å². The molecular formula is C21H26N4O3. The number of hydrogen-bond acceptors (Lipinski definition) is 5. The van der Waals surface area contributed by atoms with Crippen LogP contribution in [0.15, 0.2) is 41.1 Å². The number of aromatic nitrogens is 1. The average molecular weight is 382 g/mol. The van der Waals surface area contributed by atoms with E-state index in [-0.39, 0.29) is 11.8 Å². The zero-order valence-electron chi connectivity index (χ0n) is 16.2. The number of furan rings is 1. The van der Waals surface area contributed by atoms with E-state index in [1.807, 2.05) is 17.0 Å². The number of carbonyl (C=O) groups excluding carboxylic acids is 2. The molecule has 148 valence electrons. The molecule has 2 aromatic heterocycles. The third-order valence-corrected chi connectivity index (χ3v) is 5.70. The maximum atomic E-state index is 12.8. The van der Waals surface area contributed by atoms with Crippen LogP contribution in [-0.2, 0) is 0 Å². The van der Waals surface area contributed by atoms with Crippen LogP contribution in [0.25, 0.3) is 0 Å². The topological polar surface area (TPSA) is 69.9 Å². The van der Waals surface area contributed by atoms with Crippen molar-refractivity contribution in [3.8, 4) is 0 Å². The van der Waals surface area contributed by atoms with Crippen molar-refractivity contribution in [2.75, 3.05) is 44.2 Å². The van der Waals surface area contributed by atoms with E-state index in [0.717, 1.165) is 31.6 Å². The number of amides is 2. The summed E-state index contributed by atoms with van der Waals surface area (Å²) in [7, 11) is 0. The molecule has 0 aliphatic carbocycles. The molecule has 4 rings (SSSR count). The fourth-order valence-electron chi connectivity index (χ4n) is 3.83. The van der Waals surface area contributed by atoms with Gasteiger partial charge in [-0.1, -0.05) is 6.92 Å². The number of pyridine rings is 1. The van der Waals surface area contributed by atoms with Gasteiger partial charge in [-0.3, -0.25) is 14.6 Å². The maximum absolute atomic E-state index is 12.8. The number of piperazine rings is 1. The molecule has 7 nitrogen and oxygen atoms in total. The molecule has 2 aromatic rings. The molecular weight excluding hydrogens is 356 g/mol. The van der Waals surface area contributed by atoms with Crippen molar-refractivity contribution in [3.63, 3.8) is 0 Å². The molecule has 0 radical (unpaired) electrons. The van der Waals surface area contributed by atoms with Crippen molar-refractivity contribution in [1.82, 2.24) is 14.8 Å². The number of hydrogen-bond donors (Lipinski definition) is 0. The van der Waals surface area contributed by atoms with Gasteiger partial charge >= 0.3 is 0 Å². The van der Waals surface area contributed by atoms with Gasteiger partial charge in [-0.15, -0.1) is 0 Å². The van der Waals surface area contributed by atoms with Crippen LogP contribution in [0.4, 0.5) is 5.69 Å². The summed E-state index contributed by atoms with van der Waals surface area (Å²) in [5.74, 6) is 1.000. The van der Waals surface area contributed by atoms with Crippen molar-refractivity contribution >= 4 is 17.5 Å². The molecule has 2 aliphatic rings. The highest BCUT2D eigenvalue weighted by Crippen LogP contribution is 2.21. The fraction of sp³-hybridized carbons (Fsp3) is 0.476. The minimum absolute atomic E-state index is 0.0142. The number of anilines is 1.